The Balaban J connectivity index is 0.00000131. The quantitative estimate of drug-likeness (QED) is 0.528. The van der Waals surface area contributed by atoms with E-state index in [-0.39, 0.29) is 22.5 Å². The first-order chi connectivity index (χ1) is 12.2. The molecule has 4 rings (SSSR count). The largest absolute Gasteiger partial charge is 0.357 e. The predicted octanol–water partition coefficient (Wildman–Crippen LogP) is 3.76. The van der Waals surface area contributed by atoms with Gasteiger partial charge in [0.25, 0.3) is 5.91 Å². The Morgan fingerprint density at radius 3 is 3.04 bits per heavy atom. The first-order valence-electron chi connectivity index (χ1n) is 7.71. The number of fused-ring (bicyclic) bond motifs is 1. The minimum absolute atomic E-state index is 0. The number of H-pyrrole nitrogens is 2. The number of carbonyl (C=O) groups excluding carboxylic acids is 1. The lowest BCUT2D eigenvalue weighted by molar-refractivity contribution is 0.0946. The van der Waals surface area contributed by atoms with Crippen molar-refractivity contribution in [1.82, 2.24) is 25.5 Å². The van der Waals surface area contributed by atoms with Gasteiger partial charge in [-0.1, -0.05) is 12.1 Å². The summed E-state index contributed by atoms with van der Waals surface area (Å²) in [5, 5.41) is 10.7. The van der Waals surface area contributed by atoms with Gasteiger partial charge in [0.15, 0.2) is 5.65 Å². The first kappa shape index (κ1) is 15.1. The fraction of sp³-hybridized carbons (Fsp3) is 0.0556. The molecule has 1 amide bonds. The van der Waals surface area contributed by atoms with Crippen molar-refractivity contribution in [3.63, 3.8) is 0 Å². The molecule has 6 nitrogen and oxygen atoms in total. The average molecular weight is 341 g/mol. The van der Waals surface area contributed by atoms with Gasteiger partial charge in [0.1, 0.15) is 11.5 Å². The Hall–Kier alpha value is -3.48. The molecule has 0 saturated carbocycles. The van der Waals surface area contributed by atoms with Crippen LogP contribution in [0.1, 0.15) is 20.3 Å². The van der Waals surface area contributed by atoms with Crippen molar-refractivity contribution < 1.29 is 13.5 Å². The minimum atomic E-state index is -0.325. The lowest BCUT2D eigenvalue weighted by Gasteiger charge is -2.04. The highest BCUT2D eigenvalue weighted by atomic mass is 19.1. The van der Waals surface area contributed by atoms with Crippen molar-refractivity contribution in [2.75, 3.05) is 0 Å². The van der Waals surface area contributed by atoms with Gasteiger partial charge in [-0.3, -0.25) is 9.89 Å². The molecule has 0 radical (unpaired) electrons. The molecule has 0 unspecified atom stereocenters. The molecule has 3 aromatic heterocycles. The average Bonchev–Trinajstić information content (AvgIpc) is 3.26. The van der Waals surface area contributed by atoms with Crippen molar-refractivity contribution in [3.8, 4) is 11.3 Å². The van der Waals surface area contributed by atoms with Crippen LogP contribution in [0.2, 0.25) is 0 Å². The van der Waals surface area contributed by atoms with Crippen molar-refractivity contribution in [2.24, 2.45) is 0 Å². The summed E-state index contributed by atoms with van der Waals surface area (Å²) in [5.41, 5.74) is 3.34. The van der Waals surface area contributed by atoms with E-state index in [0.717, 1.165) is 16.6 Å². The predicted molar refractivity (Wildman–Crippen MR) is 97.6 cm³/mol. The Bertz CT molecular complexity index is 1070. The standard InChI is InChI=1S/C18H14FN5O.3H2/c19-13-4-1-3-11(7-13)9-22-18(25)15-8-12(10-21-15)16-14-5-2-6-20-17(14)24-23-16;;;/h1-8,10,21H,9H2,(H,22,25)(H,20,23,24);3*1H. The second-order valence-electron chi connectivity index (χ2n) is 5.59. The summed E-state index contributed by atoms with van der Waals surface area (Å²) in [5.74, 6) is -0.592. The van der Waals surface area contributed by atoms with Gasteiger partial charge in [0.2, 0.25) is 0 Å². The van der Waals surface area contributed by atoms with E-state index >= 15 is 0 Å². The summed E-state index contributed by atoms with van der Waals surface area (Å²) in [7, 11) is 0. The van der Waals surface area contributed by atoms with Crippen molar-refractivity contribution in [2.45, 2.75) is 6.54 Å². The first-order valence-corrected chi connectivity index (χ1v) is 7.71. The lowest BCUT2D eigenvalue weighted by atomic mass is 10.1. The van der Waals surface area contributed by atoms with Crippen LogP contribution in [0, 0.1) is 5.82 Å². The maximum atomic E-state index is 13.2. The second-order valence-corrected chi connectivity index (χ2v) is 5.59. The number of aromatic amines is 2. The van der Waals surface area contributed by atoms with E-state index in [1.54, 1.807) is 30.6 Å². The number of benzene rings is 1. The number of hydrogen-bond donors (Lipinski definition) is 3. The molecule has 4 aromatic rings. The summed E-state index contributed by atoms with van der Waals surface area (Å²) in [6, 6.07) is 11.6. The van der Waals surface area contributed by atoms with Crippen LogP contribution >= 0.6 is 0 Å². The van der Waals surface area contributed by atoms with Gasteiger partial charge in [-0.05, 0) is 35.9 Å². The zero-order valence-corrected chi connectivity index (χ0v) is 13.1. The number of amides is 1. The SMILES string of the molecule is O=C(NCc1cccc(F)c1)c1cc(-c2[nH]nc3ncccc23)c[nH]1.[HH].[HH].[HH]. The number of nitrogens with one attached hydrogen (secondary N) is 3. The Morgan fingerprint density at radius 1 is 1.24 bits per heavy atom. The van der Waals surface area contributed by atoms with Crippen LogP contribution in [-0.2, 0) is 6.54 Å². The molecule has 0 aliphatic carbocycles. The summed E-state index contributed by atoms with van der Waals surface area (Å²) in [6.45, 7) is 0.252. The zero-order chi connectivity index (χ0) is 17.2. The maximum absolute atomic E-state index is 13.2. The second kappa shape index (κ2) is 6.20. The van der Waals surface area contributed by atoms with E-state index in [2.05, 4.69) is 25.5 Å². The van der Waals surface area contributed by atoms with Crippen LogP contribution in [0.15, 0.2) is 54.9 Å². The highest BCUT2D eigenvalue weighted by Crippen LogP contribution is 2.25. The molecule has 130 valence electrons. The molecular weight excluding hydrogens is 321 g/mol. The van der Waals surface area contributed by atoms with Gasteiger partial charge >= 0.3 is 0 Å². The molecule has 0 atom stereocenters. The Morgan fingerprint density at radius 2 is 2.16 bits per heavy atom. The summed E-state index contributed by atoms with van der Waals surface area (Å²) < 4.78 is 13.2. The fourth-order valence-corrected chi connectivity index (χ4v) is 2.66. The maximum Gasteiger partial charge on any atom is 0.267 e. The van der Waals surface area contributed by atoms with Crippen LogP contribution in [0.4, 0.5) is 4.39 Å². The molecule has 25 heavy (non-hydrogen) atoms. The molecule has 0 saturated heterocycles. The van der Waals surface area contributed by atoms with E-state index in [9.17, 15) is 9.18 Å². The Labute approximate surface area is 146 Å². The molecule has 3 heterocycles. The summed E-state index contributed by atoms with van der Waals surface area (Å²) in [6.07, 6.45) is 3.41. The number of carbonyl (C=O) groups is 1. The molecule has 1 aromatic carbocycles. The number of hydrogen-bond acceptors (Lipinski definition) is 3. The van der Waals surface area contributed by atoms with Crippen LogP contribution in [0.5, 0.6) is 0 Å². The number of rotatable bonds is 4. The minimum Gasteiger partial charge on any atom is -0.357 e. The molecular formula is C18H20FN5O. The molecule has 7 heteroatoms. The fourth-order valence-electron chi connectivity index (χ4n) is 2.66. The highest BCUT2D eigenvalue weighted by molar-refractivity contribution is 5.96. The van der Waals surface area contributed by atoms with Crippen LogP contribution in [0.25, 0.3) is 22.3 Å². The van der Waals surface area contributed by atoms with E-state index in [4.69, 9.17) is 0 Å². The molecule has 0 fully saturated rings. The topological polar surface area (TPSA) is 86.5 Å². The molecule has 0 bridgehead atoms. The normalized spacial score (nSPS) is 10.9. The van der Waals surface area contributed by atoms with Crippen molar-refractivity contribution in [1.29, 1.82) is 0 Å². The highest BCUT2D eigenvalue weighted by Gasteiger charge is 2.13. The van der Waals surface area contributed by atoms with Gasteiger partial charge < -0.3 is 10.3 Å². The Kier molecular flexibility index (Phi) is 3.74. The third kappa shape index (κ3) is 2.99. The number of nitrogens with zero attached hydrogens (tertiary/aromatic N) is 2. The molecule has 0 aliphatic rings. The van der Waals surface area contributed by atoms with E-state index in [1.807, 2.05) is 12.1 Å². The van der Waals surface area contributed by atoms with E-state index in [1.165, 1.54) is 12.1 Å². The number of pyridine rings is 1. The van der Waals surface area contributed by atoms with Crippen molar-refractivity contribution >= 4 is 16.9 Å². The zero-order valence-electron chi connectivity index (χ0n) is 13.1. The molecule has 0 aliphatic heterocycles. The third-order valence-electron chi connectivity index (χ3n) is 3.89. The van der Waals surface area contributed by atoms with Gasteiger partial charge in [0.05, 0.1) is 5.69 Å². The van der Waals surface area contributed by atoms with Crippen LogP contribution < -0.4 is 5.32 Å². The van der Waals surface area contributed by atoms with Gasteiger partial charge in [-0.25, -0.2) is 9.37 Å². The van der Waals surface area contributed by atoms with Crippen LogP contribution in [-0.4, -0.2) is 26.1 Å². The number of halogens is 1. The van der Waals surface area contributed by atoms with Crippen molar-refractivity contribution in [3.05, 3.63) is 71.9 Å². The smallest absolute Gasteiger partial charge is 0.267 e. The summed E-state index contributed by atoms with van der Waals surface area (Å²) in [4.78, 5) is 19.4. The molecule has 3 N–H and O–H groups in total. The third-order valence-corrected chi connectivity index (χ3v) is 3.89. The van der Waals surface area contributed by atoms with Gasteiger partial charge in [-0.2, -0.15) is 5.10 Å². The number of aromatic nitrogens is 4. The van der Waals surface area contributed by atoms with E-state index < -0.39 is 0 Å². The summed E-state index contributed by atoms with van der Waals surface area (Å²) >= 11 is 0. The van der Waals surface area contributed by atoms with E-state index in [0.29, 0.717) is 16.9 Å². The lowest BCUT2D eigenvalue weighted by Crippen LogP contribution is -2.23. The van der Waals surface area contributed by atoms with Crippen LogP contribution in [0.3, 0.4) is 0 Å². The monoisotopic (exact) mass is 341 g/mol. The van der Waals surface area contributed by atoms with Gasteiger partial charge in [-0.15, -0.1) is 0 Å². The van der Waals surface area contributed by atoms with Gasteiger partial charge in [0, 0.05) is 34.2 Å². The molecule has 0 spiro atoms.